The summed E-state index contributed by atoms with van der Waals surface area (Å²) >= 11 is 6.05. The molecule has 23 heavy (non-hydrogen) atoms. The van der Waals surface area contributed by atoms with E-state index in [2.05, 4.69) is 43.8 Å². The number of ether oxygens (including phenoxy) is 1. The fraction of sp³-hybridized carbons (Fsp3) is 0.529. The van der Waals surface area contributed by atoms with Crippen LogP contribution < -0.4 is 4.74 Å². The van der Waals surface area contributed by atoms with Crippen LogP contribution in [0.4, 0.5) is 0 Å². The lowest BCUT2D eigenvalue weighted by Gasteiger charge is -2.36. The summed E-state index contributed by atoms with van der Waals surface area (Å²) in [6.07, 6.45) is 1.73. The Balaban J connectivity index is 2.06. The van der Waals surface area contributed by atoms with Crippen LogP contribution in [-0.2, 0) is 4.43 Å². The summed E-state index contributed by atoms with van der Waals surface area (Å²) < 4.78 is 12.0. The van der Waals surface area contributed by atoms with Crippen molar-refractivity contribution in [1.29, 1.82) is 0 Å². The Kier molecular flexibility index (Phi) is 5.33. The molecular weight excluding hydrogens is 328 g/mol. The normalized spacial score (nSPS) is 12.7. The number of pyridine rings is 2. The average molecular weight is 353 g/mol. The lowest BCUT2D eigenvalue weighted by atomic mass is 10.2. The summed E-state index contributed by atoms with van der Waals surface area (Å²) in [6.45, 7) is 14.2. The molecule has 0 aromatic carbocycles. The smallest absolute Gasteiger partial charge is 0.192 e. The molecule has 0 radical (unpaired) electrons. The first-order valence-electron chi connectivity index (χ1n) is 7.80. The molecule has 0 aliphatic heterocycles. The van der Waals surface area contributed by atoms with Gasteiger partial charge in [-0.05, 0) is 36.7 Å². The Morgan fingerprint density at radius 1 is 1.17 bits per heavy atom. The third-order valence-electron chi connectivity index (χ3n) is 4.42. The van der Waals surface area contributed by atoms with E-state index >= 15 is 0 Å². The number of rotatable bonds is 5. The summed E-state index contributed by atoms with van der Waals surface area (Å²) in [7, 11) is -1.74. The summed E-state index contributed by atoms with van der Waals surface area (Å²) in [5, 5.41) is 0.646. The van der Waals surface area contributed by atoms with Crippen molar-refractivity contribution in [3.63, 3.8) is 0 Å². The van der Waals surface area contributed by atoms with Gasteiger partial charge in [-0.25, -0.2) is 4.98 Å². The van der Waals surface area contributed by atoms with E-state index in [4.69, 9.17) is 20.8 Å². The molecule has 2 aromatic heterocycles. The highest BCUT2D eigenvalue weighted by Gasteiger charge is 2.36. The zero-order valence-electron chi connectivity index (χ0n) is 14.7. The van der Waals surface area contributed by atoms with Crippen LogP contribution in [0.5, 0.6) is 5.75 Å². The zero-order chi connectivity index (χ0) is 17.3. The minimum Gasteiger partial charge on any atom is -0.489 e. The first kappa shape index (κ1) is 18.2. The predicted molar refractivity (Wildman–Crippen MR) is 97.9 cm³/mol. The predicted octanol–water partition coefficient (Wildman–Crippen LogP) is 4.99. The van der Waals surface area contributed by atoms with Crippen LogP contribution in [0.1, 0.15) is 26.3 Å². The Labute approximate surface area is 144 Å². The quantitative estimate of drug-likeness (QED) is 0.432. The molecule has 0 spiro atoms. The first-order chi connectivity index (χ1) is 10.6. The third-order valence-corrected chi connectivity index (χ3v) is 9.16. The maximum absolute atomic E-state index is 6.13. The van der Waals surface area contributed by atoms with Crippen LogP contribution in [0.2, 0.25) is 23.3 Å². The number of aryl methyl sites for hydroxylation is 1. The highest BCUT2D eigenvalue weighted by atomic mass is 35.5. The minimum absolute atomic E-state index is 0.197. The Bertz CT molecular complexity index is 699. The van der Waals surface area contributed by atoms with Crippen molar-refractivity contribution in [3.8, 4) is 5.75 Å². The number of fused-ring (bicyclic) bond motifs is 1. The van der Waals surface area contributed by atoms with Gasteiger partial charge in [0.15, 0.2) is 8.32 Å². The van der Waals surface area contributed by atoms with Crippen molar-refractivity contribution >= 4 is 31.0 Å². The Hall–Kier alpha value is -1.17. The van der Waals surface area contributed by atoms with E-state index in [1.807, 2.05) is 13.0 Å². The molecule has 4 nitrogen and oxygen atoms in total. The van der Waals surface area contributed by atoms with Gasteiger partial charge in [0, 0.05) is 12.3 Å². The molecular formula is C17H25ClN2O2Si. The number of hydrogen-bond acceptors (Lipinski definition) is 4. The molecule has 0 unspecified atom stereocenters. The van der Waals surface area contributed by atoms with Gasteiger partial charge in [0.05, 0.1) is 12.1 Å². The second-order valence-corrected chi connectivity index (χ2v) is 12.4. The second-order valence-electron chi connectivity index (χ2n) is 7.23. The van der Waals surface area contributed by atoms with Gasteiger partial charge >= 0.3 is 0 Å². The van der Waals surface area contributed by atoms with Gasteiger partial charge in [0.2, 0.25) is 0 Å². The molecule has 0 N–H and O–H groups in total. The summed E-state index contributed by atoms with van der Waals surface area (Å²) in [6, 6.07) is 3.62. The fourth-order valence-corrected chi connectivity index (χ4v) is 3.28. The molecule has 0 bridgehead atoms. The van der Waals surface area contributed by atoms with Crippen LogP contribution in [0.25, 0.3) is 11.0 Å². The van der Waals surface area contributed by atoms with Crippen LogP contribution >= 0.6 is 11.6 Å². The molecule has 0 aliphatic rings. The molecule has 2 heterocycles. The van der Waals surface area contributed by atoms with Crippen molar-refractivity contribution in [2.24, 2.45) is 0 Å². The SMILES string of the molecule is Cc1cc(Cl)nc2c(OCCO[Si](C)(C)C(C)(C)C)ccnc12. The van der Waals surface area contributed by atoms with Crippen molar-refractivity contribution in [2.75, 3.05) is 13.2 Å². The zero-order valence-corrected chi connectivity index (χ0v) is 16.5. The van der Waals surface area contributed by atoms with Gasteiger partial charge in [-0.2, -0.15) is 0 Å². The molecule has 0 aliphatic carbocycles. The fourth-order valence-electron chi connectivity index (χ4n) is 2.00. The molecule has 0 saturated carbocycles. The second kappa shape index (κ2) is 6.75. The number of aromatic nitrogens is 2. The van der Waals surface area contributed by atoms with E-state index in [0.717, 1.165) is 11.1 Å². The van der Waals surface area contributed by atoms with Gasteiger partial charge in [-0.15, -0.1) is 0 Å². The number of hydrogen-bond donors (Lipinski definition) is 0. The molecule has 6 heteroatoms. The van der Waals surface area contributed by atoms with Gasteiger partial charge in [0.1, 0.15) is 23.0 Å². The van der Waals surface area contributed by atoms with E-state index in [0.29, 0.717) is 29.6 Å². The molecule has 2 aromatic rings. The van der Waals surface area contributed by atoms with Gasteiger partial charge in [0.25, 0.3) is 0 Å². The van der Waals surface area contributed by atoms with Crippen LogP contribution in [0.15, 0.2) is 18.3 Å². The van der Waals surface area contributed by atoms with Crippen LogP contribution in [0, 0.1) is 6.92 Å². The van der Waals surface area contributed by atoms with Gasteiger partial charge < -0.3 is 9.16 Å². The monoisotopic (exact) mass is 352 g/mol. The molecule has 126 valence electrons. The Morgan fingerprint density at radius 3 is 2.52 bits per heavy atom. The molecule has 0 saturated heterocycles. The van der Waals surface area contributed by atoms with Gasteiger partial charge in [-0.1, -0.05) is 32.4 Å². The standard InChI is InChI=1S/C17H25ClN2O2Si/c1-12-11-14(18)20-16-13(7-8-19-15(12)16)21-9-10-22-23(5,6)17(2,3)4/h7-8,11H,9-10H2,1-6H3. The van der Waals surface area contributed by atoms with Crippen molar-refractivity contribution in [3.05, 3.63) is 29.0 Å². The summed E-state index contributed by atoms with van der Waals surface area (Å²) in [5.41, 5.74) is 2.50. The molecule has 0 fully saturated rings. The third kappa shape index (κ3) is 4.22. The largest absolute Gasteiger partial charge is 0.489 e. The summed E-state index contributed by atoms with van der Waals surface area (Å²) in [4.78, 5) is 8.71. The van der Waals surface area contributed by atoms with Crippen LogP contribution in [0.3, 0.4) is 0 Å². The average Bonchev–Trinajstić information content (AvgIpc) is 2.42. The Morgan fingerprint density at radius 2 is 1.87 bits per heavy atom. The van der Waals surface area contributed by atoms with Crippen LogP contribution in [-0.4, -0.2) is 31.5 Å². The van der Waals surface area contributed by atoms with Gasteiger partial charge in [-0.3, -0.25) is 4.98 Å². The minimum atomic E-state index is -1.74. The lowest BCUT2D eigenvalue weighted by molar-refractivity contribution is 0.204. The van der Waals surface area contributed by atoms with E-state index in [-0.39, 0.29) is 5.04 Å². The summed E-state index contributed by atoms with van der Waals surface area (Å²) in [5.74, 6) is 0.694. The highest BCUT2D eigenvalue weighted by molar-refractivity contribution is 6.74. The van der Waals surface area contributed by atoms with E-state index in [1.54, 1.807) is 12.3 Å². The van der Waals surface area contributed by atoms with Crippen molar-refractivity contribution in [2.45, 2.75) is 45.8 Å². The highest BCUT2D eigenvalue weighted by Crippen LogP contribution is 2.36. The van der Waals surface area contributed by atoms with Crippen molar-refractivity contribution in [1.82, 2.24) is 9.97 Å². The van der Waals surface area contributed by atoms with Crippen molar-refractivity contribution < 1.29 is 9.16 Å². The maximum Gasteiger partial charge on any atom is 0.192 e. The van der Waals surface area contributed by atoms with E-state index < -0.39 is 8.32 Å². The number of halogens is 1. The molecule has 0 amide bonds. The first-order valence-corrected chi connectivity index (χ1v) is 11.1. The number of nitrogens with zero attached hydrogens (tertiary/aromatic N) is 2. The molecule has 0 atom stereocenters. The molecule has 2 rings (SSSR count). The van der Waals surface area contributed by atoms with E-state index in [9.17, 15) is 0 Å². The topological polar surface area (TPSA) is 44.2 Å². The lowest BCUT2D eigenvalue weighted by Crippen LogP contribution is -2.41. The maximum atomic E-state index is 6.13. The van der Waals surface area contributed by atoms with E-state index in [1.165, 1.54) is 0 Å².